The zero-order valence-electron chi connectivity index (χ0n) is 11.8. The van der Waals surface area contributed by atoms with Gasteiger partial charge in [0.25, 0.3) is 5.91 Å². The maximum absolute atomic E-state index is 12.7. The molecule has 21 heavy (non-hydrogen) atoms. The Labute approximate surface area is 127 Å². The van der Waals surface area contributed by atoms with Crippen molar-refractivity contribution in [3.05, 3.63) is 35.4 Å². The summed E-state index contributed by atoms with van der Waals surface area (Å²) in [6.45, 7) is 5.00. The van der Waals surface area contributed by atoms with Crippen LogP contribution in [0.3, 0.4) is 0 Å². The molecule has 0 radical (unpaired) electrons. The number of rotatable bonds is 1. The molecule has 1 aromatic carbocycles. The molecule has 3 nitrogen and oxygen atoms in total. The van der Waals surface area contributed by atoms with E-state index in [0.717, 1.165) is 12.1 Å². The third-order valence-electron chi connectivity index (χ3n) is 3.73. The molecule has 0 aliphatic carbocycles. The summed E-state index contributed by atoms with van der Waals surface area (Å²) >= 11 is 0. The zero-order chi connectivity index (χ0) is 14.9. The monoisotopic (exact) mass is 322 g/mol. The minimum Gasteiger partial charge on any atom is -0.333 e. The average Bonchev–Trinajstić information content (AvgIpc) is 2.40. The number of piperazine rings is 1. The molecule has 118 valence electrons. The number of nitrogens with zero attached hydrogens (tertiary/aromatic N) is 1. The van der Waals surface area contributed by atoms with Gasteiger partial charge >= 0.3 is 6.18 Å². The minimum absolute atomic E-state index is 0. The van der Waals surface area contributed by atoms with Crippen LogP contribution in [0.2, 0.25) is 0 Å². The molecule has 1 heterocycles. The first-order chi connectivity index (χ1) is 9.30. The second kappa shape index (κ2) is 6.66. The van der Waals surface area contributed by atoms with E-state index in [4.69, 9.17) is 0 Å². The summed E-state index contributed by atoms with van der Waals surface area (Å²) in [6.07, 6.45) is -4.43. The number of carbonyl (C=O) groups is 1. The van der Waals surface area contributed by atoms with Crippen LogP contribution < -0.4 is 5.32 Å². The van der Waals surface area contributed by atoms with Crippen LogP contribution in [0.5, 0.6) is 0 Å². The summed E-state index contributed by atoms with van der Waals surface area (Å²) in [7, 11) is 0. The number of halogens is 4. The van der Waals surface area contributed by atoms with Gasteiger partial charge in [0, 0.05) is 30.7 Å². The molecule has 2 rings (SSSR count). The van der Waals surface area contributed by atoms with Gasteiger partial charge in [-0.1, -0.05) is 6.07 Å². The van der Waals surface area contributed by atoms with Crippen LogP contribution in [0, 0.1) is 0 Å². The molecule has 1 N–H and O–H groups in total. The molecule has 1 saturated heterocycles. The Kier molecular flexibility index (Phi) is 5.64. The summed E-state index contributed by atoms with van der Waals surface area (Å²) in [6, 6.07) is 4.66. The fraction of sp³-hybridized carbons (Fsp3) is 0.500. The summed E-state index contributed by atoms with van der Waals surface area (Å²) in [5.74, 6) is -0.350. The number of alkyl halides is 3. The van der Waals surface area contributed by atoms with E-state index in [1.807, 2.05) is 13.8 Å². The fourth-order valence-electron chi connectivity index (χ4n) is 2.34. The van der Waals surface area contributed by atoms with Crippen molar-refractivity contribution in [1.29, 1.82) is 0 Å². The van der Waals surface area contributed by atoms with E-state index in [2.05, 4.69) is 5.32 Å². The first kappa shape index (κ1) is 17.8. The van der Waals surface area contributed by atoms with Crippen molar-refractivity contribution >= 4 is 18.3 Å². The lowest BCUT2D eigenvalue weighted by atomic mass is 10.0. The Hall–Kier alpha value is -1.27. The number of nitrogens with one attached hydrogen (secondary N) is 1. The van der Waals surface area contributed by atoms with Gasteiger partial charge in [0.1, 0.15) is 0 Å². The maximum Gasteiger partial charge on any atom is 0.416 e. The molecule has 1 fully saturated rings. The van der Waals surface area contributed by atoms with E-state index in [9.17, 15) is 18.0 Å². The zero-order valence-corrected chi connectivity index (χ0v) is 12.6. The molecule has 0 spiro atoms. The average molecular weight is 323 g/mol. The first-order valence-corrected chi connectivity index (χ1v) is 6.52. The van der Waals surface area contributed by atoms with Gasteiger partial charge in [-0.3, -0.25) is 4.79 Å². The van der Waals surface area contributed by atoms with Gasteiger partial charge in [0.2, 0.25) is 0 Å². The van der Waals surface area contributed by atoms with Crippen LogP contribution in [0.25, 0.3) is 0 Å². The molecule has 7 heteroatoms. The molecule has 2 unspecified atom stereocenters. The SMILES string of the molecule is CC1NCCN(C(=O)c2cccc(C(F)(F)F)c2)C1C.Cl. The lowest BCUT2D eigenvalue weighted by Gasteiger charge is -2.38. The van der Waals surface area contributed by atoms with E-state index in [1.54, 1.807) is 4.90 Å². The molecule has 1 aliphatic rings. The highest BCUT2D eigenvalue weighted by Gasteiger charge is 2.33. The predicted molar refractivity (Wildman–Crippen MR) is 76.7 cm³/mol. The highest BCUT2D eigenvalue weighted by Crippen LogP contribution is 2.30. The number of hydrogen-bond acceptors (Lipinski definition) is 2. The van der Waals surface area contributed by atoms with Gasteiger partial charge in [-0.15, -0.1) is 12.4 Å². The third kappa shape index (κ3) is 3.89. The van der Waals surface area contributed by atoms with Crippen molar-refractivity contribution in [2.24, 2.45) is 0 Å². The summed E-state index contributed by atoms with van der Waals surface area (Å²) < 4.78 is 38.0. The molecule has 1 aromatic rings. The Balaban J connectivity index is 0.00000220. The molecule has 0 bridgehead atoms. The molecular formula is C14H18ClF3N2O. The summed E-state index contributed by atoms with van der Waals surface area (Å²) in [5, 5.41) is 3.23. The van der Waals surface area contributed by atoms with Crippen molar-refractivity contribution in [3.63, 3.8) is 0 Å². The van der Waals surface area contributed by atoms with Crippen LogP contribution in [0.4, 0.5) is 13.2 Å². The van der Waals surface area contributed by atoms with E-state index in [-0.39, 0.29) is 36.0 Å². The molecule has 0 saturated carbocycles. The molecule has 1 amide bonds. The van der Waals surface area contributed by atoms with Crippen LogP contribution >= 0.6 is 12.4 Å². The van der Waals surface area contributed by atoms with Crippen molar-refractivity contribution < 1.29 is 18.0 Å². The quantitative estimate of drug-likeness (QED) is 0.862. The van der Waals surface area contributed by atoms with Gasteiger partial charge < -0.3 is 10.2 Å². The topological polar surface area (TPSA) is 32.3 Å². The Morgan fingerprint density at radius 1 is 1.33 bits per heavy atom. The lowest BCUT2D eigenvalue weighted by Crippen LogP contribution is -2.57. The molecular weight excluding hydrogens is 305 g/mol. The third-order valence-corrected chi connectivity index (χ3v) is 3.73. The van der Waals surface area contributed by atoms with Crippen molar-refractivity contribution in [1.82, 2.24) is 10.2 Å². The molecule has 1 aliphatic heterocycles. The van der Waals surface area contributed by atoms with Gasteiger partial charge in [-0.2, -0.15) is 13.2 Å². The summed E-state index contributed by atoms with van der Waals surface area (Å²) in [4.78, 5) is 14.0. The van der Waals surface area contributed by atoms with E-state index < -0.39 is 11.7 Å². The minimum atomic E-state index is -4.43. The summed E-state index contributed by atoms with van der Waals surface area (Å²) in [5.41, 5.74) is -0.708. The van der Waals surface area contributed by atoms with Gasteiger partial charge in [0.05, 0.1) is 5.56 Å². The first-order valence-electron chi connectivity index (χ1n) is 6.52. The van der Waals surface area contributed by atoms with Crippen LogP contribution in [0.1, 0.15) is 29.8 Å². The second-order valence-electron chi connectivity index (χ2n) is 5.06. The number of benzene rings is 1. The molecule has 0 aromatic heterocycles. The van der Waals surface area contributed by atoms with Crippen molar-refractivity contribution in [2.75, 3.05) is 13.1 Å². The fourth-order valence-corrected chi connectivity index (χ4v) is 2.34. The normalized spacial score (nSPS) is 22.6. The van der Waals surface area contributed by atoms with Crippen LogP contribution in [-0.4, -0.2) is 36.0 Å². The maximum atomic E-state index is 12.7. The Morgan fingerprint density at radius 3 is 2.62 bits per heavy atom. The number of amides is 1. The van der Waals surface area contributed by atoms with Crippen molar-refractivity contribution in [2.45, 2.75) is 32.1 Å². The standard InChI is InChI=1S/C14H17F3N2O.ClH/c1-9-10(2)19(7-6-18-9)13(20)11-4-3-5-12(8-11)14(15,16)17;/h3-5,8-10,18H,6-7H2,1-2H3;1H. The Morgan fingerprint density at radius 2 is 2.00 bits per heavy atom. The largest absolute Gasteiger partial charge is 0.416 e. The predicted octanol–water partition coefficient (Wildman–Crippen LogP) is 2.95. The second-order valence-corrected chi connectivity index (χ2v) is 5.06. The van der Waals surface area contributed by atoms with Gasteiger partial charge in [-0.05, 0) is 32.0 Å². The molecule has 2 atom stereocenters. The Bertz CT molecular complexity index is 507. The number of hydrogen-bond donors (Lipinski definition) is 1. The lowest BCUT2D eigenvalue weighted by molar-refractivity contribution is -0.137. The number of carbonyl (C=O) groups excluding carboxylic acids is 1. The van der Waals surface area contributed by atoms with E-state index in [1.165, 1.54) is 12.1 Å². The van der Waals surface area contributed by atoms with E-state index >= 15 is 0 Å². The smallest absolute Gasteiger partial charge is 0.333 e. The van der Waals surface area contributed by atoms with Crippen LogP contribution in [-0.2, 0) is 6.18 Å². The highest BCUT2D eigenvalue weighted by atomic mass is 35.5. The van der Waals surface area contributed by atoms with Crippen molar-refractivity contribution in [3.8, 4) is 0 Å². The van der Waals surface area contributed by atoms with Gasteiger partial charge in [0.15, 0.2) is 0 Å². The van der Waals surface area contributed by atoms with Gasteiger partial charge in [-0.25, -0.2) is 0 Å². The highest BCUT2D eigenvalue weighted by molar-refractivity contribution is 5.94. The van der Waals surface area contributed by atoms with Crippen LogP contribution in [0.15, 0.2) is 24.3 Å². The van der Waals surface area contributed by atoms with E-state index in [0.29, 0.717) is 13.1 Å².